The monoisotopic (exact) mass is 364 g/mol. The molecule has 27 heavy (non-hydrogen) atoms. The van der Waals surface area contributed by atoms with E-state index in [4.69, 9.17) is 0 Å². The van der Waals surface area contributed by atoms with Gasteiger partial charge >= 0.3 is 0 Å². The minimum absolute atomic E-state index is 0.103. The van der Waals surface area contributed by atoms with Crippen LogP contribution in [0.4, 0.5) is 5.69 Å². The molecule has 0 saturated heterocycles. The molecular weight excluding hydrogens is 340 g/mol. The maximum absolute atomic E-state index is 12.4. The average molecular weight is 364 g/mol. The number of carbonyl (C=O) groups excluding carboxylic acids is 1. The van der Waals surface area contributed by atoms with Crippen LogP contribution in [0, 0.1) is 0 Å². The number of rotatable bonds is 6. The Morgan fingerprint density at radius 2 is 1.85 bits per heavy atom. The number of aromatic amines is 1. The molecule has 0 bridgehead atoms. The number of nitrogens with zero attached hydrogens (tertiary/aromatic N) is 2. The minimum Gasteiger partial charge on any atom is -0.325 e. The van der Waals surface area contributed by atoms with Crippen molar-refractivity contribution in [2.45, 2.75) is 26.3 Å². The Morgan fingerprint density at radius 3 is 2.63 bits per heavy atom. The molecule has 2 aromatic carbocycles. The van der Waals surface area contributed by atoms with E-state index in [1.165, 1.54) is 0 Å². The highest BCUT2D eigenvalue weighted by molar-refractivity contribution is 5.93. The van der Waals surface area contributed by atoms with Crippen molar-refractivity contribution >= 4 is 22.5 Å². The molecule has 0 aliphatic rings. The van der Waals surface area contributed by atoms with E-state index in [1.54, 1.807) is 6.07 Å². The fourth-order valence-corrected chi connectivity index (χ4v) is 3.07. The van der Waals surface area contributed by atoms with Crippen LogP contribution in [-0.2, 0) is 11.3 Å². The van der Waals surface area contributed by atoms with Gasteiger partial charge in [0, 0.05) is 5.69 Å². The van der Waals surface area contributed by atoms with Gasteiger partial charge in [0.1, 0.15) is 5.82 Å². The summed E-state index contributed by atoms with van der Waals surface area (Å²) < 4.78 is 0. The molecule has 1 amide bonds. The summed E-state index contributed by atoms with van der Waals surface area (Å²) in [6.45, 7) is 4.76. The Bertz CT molecular complexity index is 1010. The van der Waals surface area contributed by atoms with Crippen LogP contribution >= 0.6 is 0 Å². The molecule has 0 unspecified atom stereocenters. The van der Waals surface area contributed by atoms with Crippen LogP contribution in [0.15, 0.2) is 53.3 Å². The van der Waals surface area contributed by atoms with E-state index < -0.39 is 0 Å². The maximum atomic E-state index is 12.4. The molecule has 6 nitrogen and oxygen atoms in total. The number of aromatic nitrogens is 2. The lowest BCUT2D eigenvalue weighted by Gasteiger charge is -2.18. The van der Waals surface area contributed by atoms with Gasteiger partial charge in [-0.2, -0.15) is 0 Å². The van der Waals surface area contributed by atoms with Crippen molar-refractivity contribution in [3.8, 4) is 0 Å². The highest BCUT2D eigenvalue weighted by Crippen LogP contribution is 2.23. The number of likely N-dealkylation sites (N-methyl/N-ethyl adjacent to an activating group) is 1. The predicted octanol–water partition coefficient (Wildman–Crippen LogP) is 3.12. The number of para-hydroxylation sites is 2. The van der Waals surface area contributed by atoms with Gasteiger partial charge in [-0.1, -0.05) is 44.2 Å². The van der Waals surface area contributed by atoms with Gasteiger partial charge in [-0.15, -0.1) is 0 Å². The molecule has 1 heterocycles. The summed E-state index contributed by atoms with van der Waals surface area (Å²) in [5, 5.41) is 3.54. The second-order valence-electron chi connectivity index (χ2n) is 6.99. The summed E-state index contributed by atoms with van der Waals surface area (Å²) in [5.74, 6) is 0.761. The zero-order valence-corrected chi connectivity index (χ0v) is 15.8. The molecule has 3 rings (SSSR count). The van der Waals surface area contributed by atoms with Crippen LogP contribution < -0.4 is 10.9 Å². The number of fused-ring (bicyclic) bond motifs is 1. The van der Waals surface area contributed by atoms with Crippen LogP contribution in [0.5, 0.6) is 0 Å². The van der Waals surface area contributed by atoms with Gasteiger partial charge in [0.2, 0.25) is 5.91 Å². The van der Waals surface area contributed by atoms with Crippen molar-refractivity contribution in [2.75, 3.05) is 18.9 Å². The Morgan fingerprint density at radius 1 is 1.15 bits per heavy atom. The molecule has 3 aromatic rings. The van der Waals surface area contributed by atoms with Crippen LogP contribution in [0.1, 0.15) is 31.2 Å². The molecule has 0 atom stereocenters. The first-order valence-corrected chi connectivity index (χ1v) is 8.99. The molecule has 1 aromatic heterocycles. The van der Waals surface area contributed by atoms with Gasteiger partial charge in [0.05, 0.1) is 24.0 Å². The lowest BCUT2D eigenvalue weighted by Crippen LogP contribution is -2.31. The van der Waals surface area contributed by atoms with Crippen molar-refractivity contribution in [3.05, 3.63) is 70.3 Å². The largest absolute Gasteiger partial charge is 0.325 e. The Kier molecular flexibility index (Phi) is 5.66. The van der Waals surface area contributed by atoms with Gasteiger partial charge in [-0.05, 0) is 36.7 Å². The molecule has 0 aliphatic carbocycles. The van der Waals surface area contributed by atoms with E-state index >= 15 is 0 Å². The molecular formula is C21H24N4O2. The number of H-pyrrole nitrogens is 1. The third-order valence-corrected chi connectivity index (χ3v) is 4.35. The van der Waals surface area contributed by atoms with Gasteiger partial charge in [-0.3, -0.25) is 14.5 Å². The van der Waals surface area contributed by atoms with Gasteiger partial charge < -0.3 is 10.3 Å². The summed E-state index contributed by atoms with van der Waals surface area (Å²) in [4.78, 5) is 33.7. The summed E-state index contributed by atoms with van der Waals surface area (Å²) >= 11 is 0. The molecule has 2 N–H and O–H groups in total. The summed E-state index contributed by atoms with van der Waals surface area (Å²) in [6.07, 6.45) is 0. The average Bonchev–Trinajstić information content (AvgIpc) is 2.61. The van der Waals surface area contributed by atoms with Crippen LogP contribution in [0.25, 0.3) is 10.9 Å². The second kappa shape index (κ2) is 8.14. The number of anilines is 1. The number of benzene rings is 2. The fourth-order valence-electron chi connectivity index (χ4n) is 3.07. The van der Waals surface area contributed by atoms with Crippen LogP contribution in [-0.4, -0.2) is 34.4 Å². The second-order valence-corrected chi connectivity index (χ2v) is 6.99. The molecule has 0 fully saturated rings. The highest BCUT2D eigenvalue weighted by atomic mass is 16.2. The maximum Gasteiger partial charge on any atom is 0.258 e. The van der Waals surface area contributed by atoms with E-state index in [0.29, 0.717) is 29.2 Å². The molecule has 0 aliphatic heterocycles. The zero-order chi connectivity index (χ0) is 19.4. The summed E-state index contributed by atoms with van der Waals surface area (Å²) in [6, 6.07) is 15.0. The molecule has 6 heteroatoms. The van der Waals surface area contributed by atoms with Crippen LogP contribution in [0.2, 0.25) is 0 Å². The van der Waals surface area contributed by atoms with Crippen molar-refractivity contribution in [1.82, 2.24) is 14.9 Å². The number of hydrogen-bond acceptors (Lipinski definition) is 4. The minimum atomic E-state index is -0.167. The highest BCUT2D eigenvalue weighted by Gasteiger charge is 2.12. The van der Waals surface area contributed by atoms with E-state index in [2.05, 4.69) is 29.1 Å². The molecule has 0 spiro atoms. The quantitative estimate of drug-likeness (QED) is 0.704. The normalized spacial score (nSPS) is 11.3. The summed E-state index contributed by atoms with van der Waals surface area (Å²) in [5.41, 5.74) is 2.43. The third-order valence-electron chi connectivity index (χ3n) is 4.35. The lowest BCUT2D eigenvalue weighted by atomic mass is 10.0. The Labute approximate surface area is 158 Å². The first kappa shape index (κ1) is 18.8. The number of hydrogen-bond donors (Lipinski definition) is 2. The predicted molar refractivity (Wildman–Crippen MR) is 108 cm³/mol. The zero-order valence-electron chi connectivity index (χ0n) is 15.8. The lowest BCUT2D eigenvalue weighted by molar-refractivity contribution is -0.117. The number of nitrogens with one attached hydrogen (secondary N) is 2. The Hall–Kier alpha value is -2.99. The molecule has 0 saturated carbocycles. The van der Waals surface area contributed by atoms with Gasteiger partial charge in [-0.25, -0.2) is 4.98 Å². The topological polar surface area (TPSA) is 78.1 Å². The number of amides is 1. The van der Waals surface area contributed by atoms with Crippen molar-refractivity contribution < 1.29 is 4.79 Å². The SMILES string of the molecule is CC(C)c1ccccc1NC(=O)CN(C)Cc1nc2ccccc2c(=O)[nH]1. The molecule has 140 valence electrons. The van der Waals surface area contributed by atoms with E-state index in [9.17, 15) is 9.59 Å². The standard InChI is InChI=1S/C21H24N4O2/c1-14(2)15-8-4-6-10-17(15)23-20(26)13-25(3)12-19-22-18-11-7-5-9-16(18)21(27)24-19/h4-11,14H,12-13H2,1-3H3,(H,23,26)(H,22,24,27). The smallest absolute Gasteiger partial charge is 0.258 e. The van der Waals surface area contributed by atoms with Gasteiger partial charge in [0.25, 0.3) is 5.56 Å². The van der Waals surface area contributed by atoms with Crippen molar-refractivity contribution in [1.29, 1.82) is 0 Å². The van der Waals surface area contributed by atoms with Gasteiger partial charge in [0.15, 0.2) is 0 Å². The third kappa shape index (κ3) is 4.60. The summed E-state index contributed by atoms with van der Waals surface area (Å²) in [7, 11) is 1.82. The van der Waals surface area contributed by atoms with E-state index in [0.717, 1.165) is 11.3 Å². The first-order valence-electron chi connectivity index (χ1n) is 8.99. The first-order chi connectivity index (χ1) is 12.9. The van der Waals surface area contributed by atoms with E-state index in [-0.39, 0.29) is 18.0 Å². The van der Waals surface area contributed by atoms with E-state index in [1.807, 2.05) is 54.4 Å². The fraction of sp³-hybridized carbons (Fsp3) is 0.286. The van der Waals surface area contributed by atoms with Crippen molar-refractivity contribution in [3.63, 3.8) is 0 Å². The number of carbonyl (C=O) groups is 1. The van der Waals surface area contributed by atoms with Crippen molar-refractivity contribution in [2.24, 2.45) is 0 Å². The Balaban J connectivity index is 1.67. The van der Waals surface area contributed by atoms with Crippen LogP contribution in [0.3, 0.4) is 0 Å². The molecule has 0 radical (unpaired) electrons.